The molecule has 6 heteroatoms. The molecule has 0 saturated carbocycles. The van der Waals surface area contributed by atoms with Crippen molar-refractivity contribution in [2.24, 2.45) is 0 Å². The summed E-state index contributed by atoms with van der Waals surface area (Å²) in [6, 6.07) is 16.5. The van der Waals surface area contributed by atoms with Crippen molar-refractivity contribution in [3.8, 4) is 5.75 Å². The summed E-state index contributed by atoms with van der Waals surface area (Å²) in [5.41, 5.74) is 1.11. The van der Waals surface area contributed by atoms with Crippen LogP contribution in [-0.4, -0.2) is 41.9 Å². The smallest absolute Gasteiger partial charge is 0.261 e. The Labute approximate surface area is 184 Å². The summed E-state index contributed by atoms with van der Waals surface area (Å²) in [6.07, 6.45) is 2.01. The SMILES string of the molecule is CC[C@H](C(=O)N[C@@H](C)CC)N(CCc1ccccc1)C(=O)COc1ccccc1Cl. The van der Waals surface area contributed by atoms with Gasteiger partial charge in [0.2, 0.25) is 5.91 Å². The lowest BCUT2D eigenvalue weighted by Crippen LogP contribution is -2.52. The van der Waals surface area contributed by atoms with Crippen LogP contribution in [0.3, 0.4) is 0 Å². The van der Waals surface area contributed by atoms with Gasteiger partial charge in [0.1, 0.15) is 11.8 Å². The number of halogens is 1. The van der Waals surface area contributed by atoms with E-state index < -0.39 is 6.04 Å². The number of benzene rings is 2. The van der Waals surface area contributed by atoms with Crippen molar-refractivity contribution in [3.63, 3.8) is 0 Å². The van der Waals surface area contributed by atoms with Crippen molar-refractivity contribution in [1.82, 2.24) is 10.2 Å². The maximum absolute atomic E-state index is 13.1. The summed E-state index contributed by atoms with van der Waals surface area (Å²) in [7, 11) is 0. The predicted octanol–water partition coefficient (Wildman–Crippen LogP) is 4.48. The minimum atomic E-state index is -0.551. The normalized spacial score (nSPS) is 12.7. The van der Waals surface area contributed by atoms with Gasteiger partial charge in [0.25, 0.3) is 5.91 Å². The van der Waals surface area contributed by atoms with Gasteiger partial charge in [-0.2, -0.15) is 0 Å². The van der Waals surface area contributed by atoms with Crippen LogP contribution in [0.25, 0.3) is 0 Å². The summed E-state index contributed by atoms with van der Waals surface area (Å²) in [5, 5.41) is 3.45. The summed E-state index contributed by atoms with van der Waals surface area (Å²) >= 11 is 6.13. The van der Waals surface area contributed by atoms with Crippen molar-refractivity contribution in [3.05, 3.63) is 65.2 Å². The molecule has 2 rings (SSSR count). The Balaban J connectivity index is 2.14. The molecule has 162 valence electrons. The quantitative estimate of drug-likeness (QED) is 0.571. The van der Waals surface area contributed by atoms with Crippen LogP contribution in [0, 0.1) is 0 Å². The highest BCUT2D eigenvalue weighted by atomic mass is 35.5. The number of para-hydroxylation sites is 1. The lowest BCUT2D eigenvalue weighted by molar-refractivity contribution is -0.142. The van der Waals surface area contributed by atoms with Gasteiger partial charge < -0.3 is 15.0 Å². The van der Waals surface area contributed by atoms with Crippen LogP contribution in [0.2, 0.25) is 5.02 Å². The molecule has 0 unspecified atom stereocenters. The van der Waals surface area contributed by atoms with Crippen LogP contribution < -0.4 is 10.1 Å². The van der Waals surface area contributed by atoms with Gasteiger partial charge in [0, 0.05) is 12.6 Å². The monoisotopic (exact) mass is 430 g/mol. The van der Waals surface area contributed by atoms with Crippen LogP contribution >= 0.6 is 11.6 Å². The Kier molecular flexibility index (Phi) is 9.68. The molecule has 1 N–H and O–H groups in total. The lowest BCUT2D eigenvalue weighted by atomic mass is 10.1. The van der Waals surface area contributed by atoms with E-state index in [1.807, 2.05) is 51.1 Å². The highest BCUT2D eigenvalue weighted by Crippen LogP contribution is 2.23. The molecular weight excluding hydrogens is 400 g/mol. The molecule has 0 spiro atoms. The standard InChI is InChI=1S/C24H31ClN2O3/c1-4-18(3)26-24(29)21(5-2)27(16-15-19-11-7-6-8-12-19)23(28)17-30-22-14-10-9-13-20(22)25/h6-14,18,21H,4-5,15-17H2,1-3H3,(H,26,29)/t18-,21+/m0/s1. The van der Waals surface area contributed by atoms with Gasteiger partial charge in [-0.25, -0.2) is 0 Å². The maximum Gasteiger partial charge on any atom is 0.261 e. The van der Waals surface area contributed by atoms with Crippen LogP contribution in [0.15, 0.2) is 54.6 Å². The number of amides is 2. The fourth-order valence-corrected chi connectivity index (χ4v) is 3.31. The molecule has 30 heavy (non-hydrogen) atoms. The Bertz CT molecular complexity index is 813. The van der Waals surface area contributed by atoms with Gasteiger partial charge in [-0.1, -0.05) is 67.9 Å². The van der Waals surface area contributed by atoms with Crippen molar-refractivity contribution in [2.45, 2.75) is 52.1 Å². The molecule has 0 aliphatic heterocycles. The maximum atomic E-state index is 13.1. The average molecular weight is 431 g/mol. The van der Waals surface area contributed by atoms with Crippen molar-refractivity contribution in [2.75, 3.05) is 13.2 Å². The Morgan fingerprint density at radius 1 is 1.03 bits per heavy atom. The number of nitrogens with zero attached hydrogens (tertiary/aromatic N) is 1. The molecule has 0 aliphatic rings. The summed E-state index contributed by atoms with van der Waals surface area (Å²) in [6.45, 7) is 6.15. The van der Waals surface area contributed by atoms with Crippen molar-refractivity contribution in [1.29, 1.82) is 0 Å². The molecule has 0 fully saturated rings. The van der Waals surface area contributed by atoms with E-state index in [0.29, 0.717) is 30.2 Å². The lowest BCUT2D eigenvalue weighted by Gasteiger charge is -2.31. The summed E-state index contributed by atoms with van der Waals surface area (Å²) in [5.74, 6) is 0.0793. The van der Waals surface area contributed by atoms with Crippen LogP contribution in [0.5, 0.6) is 5.75 Å². The van der Waals surface area contributed by atoms with Crippen molar-refractivity contribution >= 4 is 23.4 Å². The number of carbonyl (C=O) groups is 2. The number of hydrogen-bond acceptors (Lipinski definition) is 3. The highest BCUT2D eigenvalue weighted by Gasteiger charge is 2.29. The highest BCUT2D eigenvalue weighted by molar-refractivity contribution is 6.32. The third-order valence-corrected chi connectivity index (χ3v) is 5.37. The number of nitrogens with one attached hydrogen (secondary N) is 1. The van der Waals surface area contributed by atoms with E-state index in [9.17, 15) is 9.59 Å². The first-order valence-electron chi connectivity index (χ1n) is 10.5. The van der Waals surface area contributed by atoms with E-state index in [-0.39, 0.29) is 24.5 Å². The Hall–Kier alpha value is -2.53. The van der Waals surface area contributed by atoms with E-state index in [1.54, 1.807) is 29.2 Å². The largest absolute Gasteiger partial charge is 0.482 e. The van der Waals surface area contributed by atoms with Gasteiger partial charge in [0.15, 0.2) is 6.61 Å². The molecule has 2 aromatic carbocycles. The molecule has 0 aliphatic carbocycles. The van der Waals surface area contributed by atoms with E-state index >= 15 is 0 Å². The minimum absolute atomic E-state index is 0.0528. The molecule has 0 aromatic heterocycles. The Morgan fingerprint density at radius 2 is 1.70 bits per heavy atom. The summed E-state index contributed by atoms with van der Waals surface area (Å²) < 4.78 is 5.65. The first-order chi connectivity index (χ1) is 14.5. The molecule has 0 bridgehead atoms. The van der Waals surface area contributed by atoms with E-state index in [0.717, 1.165) is 12.0 Å². The van der Waals surface area contributed by atoms with E-state index in [4.69, 9.17) is 16.3 Å². The van der Waals surface area contributed by atoms with Gasteiger partial charge in [0.05, 0.1) is 5.02 Å². The second kappa shape index (κ2) is 12.2. The third-order valence-electron chi connectivity index (χ3n) is 5.06. The topological polar surface area (TPSA) is 58.6 Å². The zero-order valence-corrected chi connectivity index (χ0v) is 18.7. The van der Waals surface area contributed by atoms with Gasteiger partial charge >= 0.3 is 0 Å². The number of carbonyl (C=O) groups excluding carboxylic acids is 2. The molecule has 2 amide bonds. The van der Waals surface area contributed by atoms with Crippen molar-refractivity contribution < 1.29 is 14.3 Å². The zero-order chi connectivity index (χ0) is 21.9. The molecule has 0 heterocycles. The molecule has 0 radical (unpaired) electrons. The molecule has 2 atom stereocenters. The first-order valence-corrected chi connectivity index (χ1v) is 10.8. The second-order valence-electron chi connectivity index (χ2n) is 7.28. The zero-order valence-electron chi connectivity index (χ0n) is 17.9. The van der Waals surface area contributed by atoms with Gasteiger partial charge in [-0.15, -0.1) is 0 Å². The molecular formula is C24H31ClN2O3. The summed E-state index contributed by atoms with van der Waals surface area (Å²) in [4.78, 5) is 27.6. The van der Waals surface area contributed by atoms with Crippen LogP contribution in [-0.2, 0) is 16.0 Å². The fraction of sp³-hybridized carbons (Fsp3) is 0.417. The predicted molar refractivity (Wildman–Crippen MR) is 121 cm³/mol. The first kappa shape index (κ1) is 23.7. The second-order valence-corrected chi connectivity index (χ2v) is 7.69. The van der Waals surface area contributed by atoms with Gasteiger partial charge in [-0.3, -0.25) is 9.59 Å². The minimum Gasteiger partial charge on any atom is -0.482 e. The Morgan fingerprint density at radius 3 is 2.33 bits per heavy atom. The molecule has 5 nitrogen and oxygen atoms in total. The third kappa shape index (κ3) is 7.06. The molecule has 2 aromatic rings. The number of hydrogen-bond donors (Lipinski definition) is 1. The number of ether oxygens (including phenoxy) is 1. The number of rotatable bonds is 11. The molecule has 0 saturated heterocycles. The van der Waals surface area contributed by atoms with Crippen LogP contribution in [0.4, 0.5) is 0 Å². The van der Waals surface area contributed by atoms with Gasteiger partial charge in [-0.05, 0) is 43.9 Å². The van der Waals surface area contributed by atoms with E-state index in [2.05, 4.69) is 5.32 Å². The fourth-order valence-electron chi connectivity index (χ4n) is 3.12. The van der Waals surface area contributed by atoms with Crippen LogP contribution in [0.1, 0.15) is 39.2 Å². The van der Waals surface area contributed by atoms with E-state index in [1.165, 1.54) is 0 Å². The average Bonchev–Trinajstić information content (AvgIpc) is 2.76.